The van der Waals surface area contributed by atoms with Crippen LogP contribution in [0.4, 0.5) is 17.1 Å². The first kappa shape index (κ1) is 27.9. The van der Waals surface area contributed by atoms with Crippen LogP contribution in [0.25, 0.3) is 0 Å². The highest BCUT2D eigenvalue weighted by Crippen LogP contribution is 2.61. The Bertz CT molecular complexity index is 1910. The molecule has 4 aromatic carbocycles. The molecule has 4 aromatic rings. The van der Waals surface area contributed by atoms with Gasteiger partial charge in [-0.15, -0.1) is 0 Å². The molecule has 0 saturated carbocycles. The van der Waals surface area contributed by atoms with Crippen molar-refractivity contribution in [2.24, 2.45) is 17.8 Å². The van der Waals surface area contributed by atoms with Crippen LogP contribution in [0.5, 0.6) is 5.75 Å². The van der Waals surface area contributed by atoms with Crippen LogP contribution in [0.3, 0.4) is 0 Å². The standard InChI is InChI=1S/C36H27N3O7/c1-19-13-14-21(17-28(19)39(44)45)37-18-20(15-29(37)40)36(43)46-23-8-6-7-22(16-23)38-34(41)32-30-24-9-2-3-10-25(24)31(33(32)35(38)42)27-12-5-4-11-26(27)30/h2-14,16-17,20,30-33H,15,18H2,1H3/t20-,30?,31?,32-,33+/m1/s1. The Morgan fingerprint density at radius 2 is 1.37 bits per heavy atom. The van der Waals surface area contributed by atoms with E-state index in [4.69, 9.17) is 4.74 Å². The molecule has 2 heterocycles. The molecule has 9 rings (SSSR count). The van der Waals surface area contributed by atoms with Crippen LogP contribution in [0.1, 0.15) is 46.1 Å². The van der Waals surface area contributed by atoms with E-state index in [9.17, 15) is 29.3 Å². The second kappa shape index (κ2) is 10.2. The fourth-order valence-electron chi connectivity index (χ4n) is 7.89. The highest BCUT2D eigenvalue weighted by Gasteiger charge is 2.61. The Morgan fingerprint density at radius 3 is 1.93 bits per heavy atom. The number of benzene rings is 4. The van der Waals surface area contributed by atoms with Gasteiger partial charge in [0.05, 0.1) is 34.1 Å². The van der Waals surface area contributed by atoms with E-state index in [1.807, 2.05) is 24.3 Å². The molecule has 0 spiro atoms. The summed E-state index contributed by atoms with van der Waals surface area (Å²) in [6.45, 7) is 1.62. The molecule has 2 bridgehead atoms. The van der Waals surface area contributed by atoms with E-state index < -0.39 is 28.6 Å². The van der Waals surface area contributed by atoms with Gasteiger partial charge in [-0.1, -0.05) is 60.7 Å². The maximum atomic E-state index is 14.1. The number of nitro benzene ring substituents is 1. The molecule has 10 heteroatoms. The maximum Gasteiger partial charge on any atom is 0.316 e. The predicted molar refractivity (Wildman–Crippen MR) is 166 cm³/mol. The molecule has 2 aliphatic heterocycles. The molecule has 0 aromatic heterocycles. The van der Waals surface area contributed by atoms with Gasteiger partial charge in [0.2, 0.25) is 17.7 Å². The van der Waals surface area contributed by atoms with Crippen LogP contribution < -0.4 is 14.5 Å². The van der Waals surface area contributed by atoms with Crippen LogP contribution in [0, 0.1) is 34.8 Å². The number of esters is 1. The number of carbonyl (C=O) groups is 4. The van der Waals surface area contributed by atoms with Gasteiger partial charge in [0.25, 0.3) is 5.69 Å². The summed E-state index contributed by atoms with van der Waals surface area (Å²) in [5, 5.41) is 11.4. The zero-order valence-corrected chi connectivity index (χ0v) is 24.7. The van der Waals surface area contributed by atoms with E-state index in [-0.39, 0.29) is 54.0 Å². The largest absolute Gasteiger partial charge is 0.426 e. The third-order valence-electron chi connectivity index (χ3n) is 9.90. The van der Waals surface area contributed by atoms with Crippen molar-refractivity contribution in [3.63, 3.8) is 0 Å². The van der Waals surface area contributed by atoms with Crippen molar-refractivity contribution in [3.8, 4) is 5.75 Å². The molecule has 10 nitrogen and oxygen atoms in total. The van der Waals surface area contributed by atoms with E-state index in [2.05, 4.69) is 24.3 Å². The summed E-state index contributed by atoms with van der Waals surface area (Å²) in [5.41, 5.74) is 5.34. The fourth-order valence-corrected chi connectivity index (χ4v) is 7.89. The molecule has 0 N–H and O–H groups in total. The number of rotatable bonds is 5. The van der Waals surface area contributed by atoms with Crippen molar-refractivity contribution >= 4 is 40.8 Å². The van der Waals surface area contributed by atoms with Gasteiger partial charge in [0, 0.05) is 42.5 Å². The summed E-state index contributed by atoms with van der Waals surface area (Å²) in [7, 11) is 0. The van der Waals surface area contributed by atoms with Gasteiger partial charge in [-0.3, -0.25) is 29.3 Å². The van der Waals surface area contributed by atoms with E-state index in [1.165, 1.54) is 21.9 Å². The van der Waals surface area contributed by atoms with Crippen molar-refractivity contribution in [3.05, 3.63) is 129 Å². The molecule has 3 amide bonds. The smallest absolute Gasteiger partial charge is 0.316 e. The van der Waals surface area contributed by atoms with Crippen LogP contribution >= 0.6 is 0 Å². The third kappa shape index (κ3) is 4.02. The van der Waals surface area contributed by atoms with Crippen molar-refractivity contribution in [1.82, 2.24) is 0 Å². The second-order valence-corrected chi connectivity index (χ2v) is 12.3. The Kier molecular flexibility index (Phi) is 6.18. The van der Waals surface area contributed by atoms with Gasteiger partial charge in [0.15, 0.2) is 0 Å². The van der Waals surface area contributed by atoms with Crippen molar-refractivity contribution in [2.45, 2.75) is 25.2 Å². The molecule has 5 aliphatic rings. The van der Waals surface area contributed by atoms with Gasteiger partial charge in [-0.2, -0.15) is 0 Å². The summed E-state index contributed by atoms with van der Waals surface area (Å²) in [5.74, 6) is -3.75. The highest BCUT2D eigenvalue weighted by molar-refractivity contribution is 6.23. The van der Waals surface area contributed by atoms with Crippen molar-refractivity contribution in [2.75, 3.05) is 16.3 Å². The minimum Gasteiger partial charge on any atom is -0.426 e. The molecular weight excluding hydrogens is 586 g/mol. The number of hydrogen-bond acceptors (Lipinski definition) is 7. The predicted octanol–water partition coefficient (Wildman–Crippen LogP) is 5.26. The number of anilines is 2. The minimum atomic E-state index is -0.804. The molecule has 2 saturated heterocycles. The van der Waals surface area contributed by atoms with E-state index in [0.717, 1.165) is 22.3 Å². The zero-order chi connectivity index (χ0) is 31.9. The lowest BCUT2D eigenvalue weighted by atomic mass is 9.55. The average molecular weight is 614 g/mol. The fraction of sp³-hybridized carbons (Fsp3) is 0.222. The Morgan fingerprint density at radius 1 is 0.783 bits per heavy atom. The Hall–Kier alpha value is -5.64. The molecule has 2 fully saturated rings. The monoisotopic (exact) mass is 613 g/mol. The molecular formula is C36H27N3O7. The van der Waals surface area contributed by atoms with E-state index >= 15 is 0 Å². The lowest BCUT2D eigenvalue weighted by molar-refractivity contribution is -0.385. The van der Waals surface area contributed by atoms with Crippen LogP contribution in [-0.4, -0.2) is 35.2 Å². The Balaban J connectivity index is 1.04. The lowest BCUT2D eigenvalue weighted by Crippen LogP contribution is -2.41. The molecule has 3 atom stereocenters. The first-order chi connectivity index (χ1) is 22.2. The normalized spacial score (nSPS) is 24.1. The minimum absolute atomic E-state index is 0.00786. The number of amides is 3. The average Bonchev–Trinajstić information content (AvgIpc) is 3.58. The molecule has 46 heavy (non-hydrogen) atoms. The number of carbonyl (C=O) groups excluding carboxylic acids is 4. The number of imide groups is 1. The van der Waals surface area contributed by atoms with Crippen LogP contribution in [-0.2, 0) is 19.2 Å². The van der Waals surface area contributed by atoms with E-state index in [0.29, 0.717) is 16.9 Å². The first-order valence-electron chi connectivity index (χ1n) is 15.2. The number of hydrogen-bond donors (Lipinski definition) is 0. The lowest BCUT2D eigenvalue weighted by Gasteiger charge is -2.45. The van der Waals surface area contributed by atoms with Gasteiger partial charge < -0.3 is 9.64 Å². The SMILES string of the molecule is Cc1ccc(N2C[C@H](C(=O)Oc3cccc(N4C(=O)[C@@H]5C6c7ccccc7C(c7ccccc76)[C@@H]5C4=O)c3)CC2=O)cc1[N+](=O)[O-]. The maximum absolute atomic E-state index is 14.1. The summed E-state index contributed by atoms with van der Waals surface area (Å²) in [6, 6.07) is 26.9. The number of ether oxygens (including phenoxy) is 1. The van der Waals surface area contributed by atoms with Crippen molar-refractivity contribution < 1.29 is 28.8 Å². The number of nitrogens with zero attached hydrogens (tertiary/aromatic N) is 3. The zero-order valence-electron chi connectivity index (χ0n) is 24.7. The molecule has 0 radical (unpaired) electrons. The molecule has 0 unspecified atom stereocenters. The number of aryl methyl sites for hydroxylation is 1. The van der Waals surface area contributed by atoms with Crippen molar-refractivity contribution in [1.29, 1.82) is 0 Å². The Labute approximate surface area is 263 Å². The third-order valence-corrected chi connectivity index (χ3v) is 9.90. The summed E-state index contributed by atoms with van der Waals surface area (Å²) in [4.78, 5) is 67.7. The van der Waals surface area contributed by atoms with Gasteiger partial charge >= 0.3 is 5.97 Å². The van der Waals surface area contributed by atoms with Gasteiger partial charge in [-0.05, 0) is 47.4 Å². The molecule has 228 valence electrons. The van der Waals surface area contributed by atoms with Crippen LogP contribution in [0.15, 0.2) is 91.0 Å². The van der Waals surface area contributed by atoms with Gasteiger partial charge in [-0.25, -0.2) is 4.90 Å². The topological polar surface area (TPSA) is 127 Å². The second-order valence-electron chi connectivity index (χ2n) is 12.3. The van der Waals surface area contributed by atoms with Crippen LogP contribution in [0.2, 0.25) is 0 Å². The summed E-state index contributed by atoms with van der Waals surface area (Å²) >= 11 is 0. The summed E-state index contributed by atoms with van der Waals surface area (Å²) in [6.07, 6.45) is -0.115. The van der Waals surface area contributed by atoms with Gasteiger partial charge in [0.1, 0.15) is 5.75 Å². The quantitative estimate of drug-likeness (QED) is 0.0988. The summed E-state index contributed by atoms with van der Waals surface area (Å²) < 4.78 is 5.68. The number of nitro groups is 1. The first-order valence-corrected chi connectivity index (χ1v) is 15.2. The van der Waals surface area contributed by atoms with E-state index in [1.54, 1.807) is 37.3 Å². The highest BCUT2D eigenvalue weighted by atomic mass is 16.6. The molecule has 3 aliphatic carbocycles.